The van der Waals surface area contributed by atoms with Crippen LogP contribution in [-0.4, -0.2) is 17.0 Å². The highest BCUT2D eigenvalue weighted by molar-refractivity contribution is 6.31. The van der Waals surface area contributed by atoms with E-state index in [2.05, 4.69) is 5.32 Å². The smallest absolute Gasteiger partial charge is 0.332 e. The summed E-state index contributed by atoms with van der Waals surface area (Å²) in [6.07, 6.45) is 2.61. The quantitative estimate of drug-likeness (QED) is 0.896. The van der Waals surface area contributed by atoms with Gasteiger partial charge in [0.05, 0.1) is 0 Å². The Morgan fingerprint density at radius 3 is 2.45 bits per heavy atom. The molecule has 4 nitrogen and oxygen atoms in total. The maximum Gasteiger partial charge on any atom is 0.332 e. The Balaban J connectivity index is 2.22. The number of carbonyl (C=O) groups is 2. The maximum atomic E-state index is 12.2. The number of halogens is 1. The van der Waals surface area contributed by atoms with E-state index in [1.165, 1.54) is 0 Å². The first-order valence-corrected chi connectivity index (χ1v) is 6.89. The average molecular weight is 294 g/mol. The van der Waals surface area contributed by atoms with Crippen LogP contribution in [0.3, 0.4) is 0 Å². The van der Waals surface area contributed by atoms with Crippen molar-refractivity contribution in [2.24, 2.45) is 0 Å². The fraction of sp³-hybridized carbons (Fsp3) is 0.333. The fourth-order valence-electron chi connectivity index (χ4n) is 2.27. The molecule has 1 aromatic rings. The number of carbonyl (C=O) groups excluding carboxylic acids is 1. The molecule has 2 rings (SSSR count). The number of benzene rings is 1. The van der Waals surface area contributed by atoms with E-state index >= 15 is 0 Å². The summed E-state index contributed by atoms with van der Waals surface area (Å²) in [5, 5.41) is 12.4. The Hall–Kier alpha value is -1.81. The summed E-state index contributed by atoms with van der Waals surface area (Å²) in [6, 6.07) is 5.23. The van der Waals surface area contributed by atoms with Crippen LogP contribution in [0.25, 0.3) is 0 Å². The van der Waals surface area contributed by atoms with Crippen molar-refractivity contribution in [3.8, 4) is 0 Å². The van der Waals surface area contributed by atoms with E-state index in [0.29, 0.717) is 29.1 Å². The zero-order chi connectivity index (χ0) is 14.7. The molecule has 1 aromatic carbocycles. The Kier molecular flexibility index (Phi) is 4.45. The van der Waals surface area contributed by atoms with E-state index in [9.17, 15) is 9.59 Å². The molecule has 5 heteroatoms. The van der Waals surface area contributed by atoms with Gasteiger partial charge in [0.2, 0.25) is 0 Å². The minimum Gasteiger partial charge on any atom is -0.478 e. The molecule has 1 amide bonds. The second kappa shape index (κ2) is 6.09. The Morgan fingerprint density at radius 1 is 1.20 bits per heavy atom. The largest absolute Gasteiger partial charge is 0.478 e. The molecule has 0 saturated carbocycles. The van der Waals surface area contributed by atoms with Gasteiger partial charge in [-0.15, -0.1) is 0 Å². The van der Waals surface area contributed by atoms with Crippen LogP contribution < -0.4 is 5.32 Å². The standard InChI is InChI=1S/C15H16ClNO3/c1-9-6-7-10(8-13(9)16)17-14(18)11-4-2-3-5-12(11)15(19)20/h6-8H,2-5H2,1H3,(H,17,18)(H,19,20). The lowest BCUT2D eigenvalue weighted by molar-refractivity contribution is -0.133. The van der Waals surface area contributed by atoms with E-state index < -0.39 is 5.97 Å². The van der Waals surface area contributed by atoms with Crippen molar-refractivity contribution >= 4 is 29.2 Å². The highest BCUT2D eigenvalue weighted by atomic mass is 35.5. The van der Waals surface area contributed by atoms with Gasteiger partial charge in [-0.2, -0.15) is 0 Å². The van der Waals surface area contributed by atoms with Gasteiger partial charge >= 0.3 is 5.97 Å². The maximum absolute atomic E-state index is 12.2. The minimum absolute atomic E-state index is 0.229. The first-order chi connectivity index (χ1) is 9.49. The number of carboxylic acids is 1. The topological polar surface area (TPSA) is 66.4 Å². The van der Waals surface area contributed by atoms with Crippen molar-refractivity contribution in [3.63, 3.8) is 0 Å². The van der Waals surface area contributed by atoms with Crippen LogP contribution in [0.1, 0.15) is 31.2 Å². The molecule has 0 spiro atoms. The monoisotopic (exact) mass is 293 g/mol. The highest BCUT2D eigenvalue weighted by Gasteiger charge is 2.23. The summed E-state index contributed by atoms with van der Waals surface area (Å²) >= 11 is 6.00. The molecule has 106 valence electrons. The van der Waals surface area contributed by atoms with Crippen molar-refractivity contribution < 1.29 is 14.7 Å². The van der Waals surface area contributed by atoms with Gasteiger partial charge in [0.1, 0.15) is 0 Å². The van der Waals surface area contributed by atoms with Crippen LogP contribution in [0.2, 0.25) is 5.02 Å². The molecule has 0 unspecified atom stereocenters. The third-order valence-corrected chi connectivity index (χ3v) is 3.84. The van der Waals surface area contributed by atoms with Crippen LogP contribution >= 0.6 is 11.6 Å². The molecule has 0 bridgehead atoms. The summed E-state index contributed by atoms with van der Waals surface area (Å²) < 4.78 is 0. The zero-order valence-corrected chi connectivity index (χ0v) is 12.0. The third kappa shape index (κ3) is 3.20. The summed E-state index contributed by atoms with van der Waals surface area (Å²) in [7, 11) is 0. The normalized spacial score (nSPS) is 15.1. The number of carboxylic acid groups (broad SMARTS) is 1. The molecule has 1 aliphatic rings. The number of nitrogens with one attached hydrogen (secondary N) is 1. The van der Waals surface area contributed by atoms with Gasteiger partial charge in [0.15, 0.2) is 0 Å². The molecule has 0 radical (unpaired) electrons. The first kappa shape index (κ1) is 14.6. The van der Waals surface area contributed by atoms with Gasteiger partial charge in [-0.05, 0) is 50.3 Å². The van der Waals surface area contributed by atoms with Gasteiger partial charge in [-0.25, -0.2) is 4.79 Å². The van der Waals surface area contributed by atoms with Crippen LogP contribution in [0.5, 0.6) is 0 Å². The van der Waals surface area contributed by atoms with Crippen LogP contribution in [0.15, 0.2) is 29.3 Å². The van der Waals surface area contributed by atoms with Crippen LogP contribution in [-0.2, 0) is 9.59 Å². The predicted molar refractivity (Wildman–Crippen MR) is 77.9 cm³/mol. The summed E-state index contributed by atoms with van der Waals surface area (Å²) in [5.74, 6) is -1.35. The van der Waals surface area contributed by atoms with Crippen molar-refractivity contribution in [2.45, 2.75) is 32.6 Å². The van der Waals surface area contributed by atoms with Crippen LogP contribution in [0.4, 0.5) is 5.69 Å². The number of aliphatic carboxylic acids is 1. The number of hydrogen-bond donors (Lipinski definition) is 2. The second-order valence-electron chi connectivity index (χ2n) is 4.89. The zero-order valence-electron chi connectivity index (χ0n) is 11.2. The van der Waals surface area contributed by atoms with Gasteiger partial charge in [0.25, 0.3) is 5.91 Å². The lowest BCUT2D eigenvalue weighted by Gasteiger charge is -2.17. The second-order valence-corrected chi connectivity index (χ2v) is 5.29. The SMILES string of the molecule is Cc1ccc(NC(=O)C2=C(C(=O)O)CCCC2)cc1Cl. The van der Waals surface area contributed by atoms with Gasteiger partial charge in [0, 0.05) is 21.9 Å². The lowest BCUT2D eigenvalue weighted by Crippen LogP contribution is -2.21. The van der Waals surface area contributed by atoms with Gasteiger partial charge < -0.3 is 10.4 Å². The molecular weight excluding hydrogens is 278 g/mol. The molecular formula is C15H16ClNO3. The van der Waals surface area contributed by atoms with E-state index in [0.717, 1.165) is 18.4 Å². The number of hydrogen-bond acceptors (Lipinski definition) is 2. The van der Waals surface area contributed by atoms with Crippen LogP contribution in [0, 0.1) is 6.92 Å². The Morgan fingerprint density at radius 2 is 1.85 bits per heavy atom. The summed E-state index contributed by atoms with van der Waals surface area (Å²) in [6.45, 7) is 1.88. The van der Waals surface area contributed by atoms with Gasteiger partial charge in [-0.3, -0.25) is 4.79 Å². The molecule has 0 aliphatic heterocycles. The third-order valence-electron chi connectivity index (χ3n) is 3.43. The number of rotatable bonds is 3. The van der Waals surface area contributed by atoms with E-state index in [-0.39, 0.29) is 11.5 Å². The summed E-state index contributed by atoms with van der Waals surface area (Å²) in [4.78, 5) is 23.4. The highest BCUT2D eigenvalue weighted by Crippen LogP contribution is 2.27. The van der Waals surface area contributed by atoms with Crippen molar-refractivity contribution in [1.29, 1.82) is 0 Å². The predicted octanol–water partition coefficient (Wildman–Crippen LogP) is 3.54. The number of amides is 1. The van der Waals surface area contributed by atoms with E-state index in [1.54, 1.807) is 12.1 Å². The van der Waals surface area contributed by atoms with Crippen molar-refractivity contribution in [1.82, 2.24) is 0 Å². The average Bonchev–Trinajstić information content (AvgIpc) is 2.43. The molecule has 1 aliphatic carbocycles. The van der Waals surface area contributed by atoms with Crippen molar-refractivity contribution in [3.05, 3.63) is 39.9 Å². The van der Waals surface area contributed by atoms with Gasteiger partial charge in [-0.1, -0.05) is 17.7 Å². The summed E-state index contributed by atoms with van der Waals surface area (Å²) in [5.41, 5.74) is 2.11. The minimum atomic E-state index is -1.00. The molecule has 0 aromatic heterocycles. The fourth-order valence-corrected chi connectivity index (χ4v) is 2.45. The Bertz CT molecular complexity index is 593. The van der Waals surface area contributed by atoms with E-state index in [4.69, 9.17) is 16.7 Å². The Labute approximate surface area is 122 Å². The first-order valence-electron chi connectivity index (χ1n) is 6.52. The van der Waals surface area contributed by atoms with Crippen molar-refractivity contribution in [2.75, 3.05) is 5.32 Å². The molecule has 0 atom stereocenters. The molecule has 0 heterocycles. The van der Waals surface area contributed by atoms with E-state index in [1.807, 2.05) is 13.0 Å². The molecule has 2 N–H and O–H groups in total. The molecule has 20 heavy (non-hydrogen) atoms. The lowest BCUT2D eigenvalue weighted by atomic mass is 9.91. The molecule has 0 fully saturated rings. The number of anilines is 1. The molecule has 0 saturated heterocycles. The number of aryl methyl sites for hydroxylation is 1.